The standard InChI is InChI=1S/C16H19FO4/c1-3-12-13(18-9-11-7-5-4-6-8-11)14-15(19-12)21-16(2,10-17)20-14/h3-8,12-15H,1,9-10H2,2H3/t12-,13+,14-,15-,16?/m1/s1. The molecule has 1 unspecified atom stereocenters. The van der Waals surface area contributed by atoms with Crippen LogP contribution in [0.5, 0.6) is 0 Å². The molecule has 0 aromatic heterocycles. The van der Waals surface area contributed by atoms with Crippen LogP contribution in [0.1, 0.15) is 12.5 Å². The molecule has 114 valence electrons. The zero-order valence-electron chi connectivity index (χ0n) is 11.9. The fourth-order valence-electron chi connectivity index (χ4n) is 2.64. The largest absolute Gasteiger partial charge is 0.368 e. The molecule has 0 spiro atoms. The van der Waals surface area contributed by atoms with E-state index in [1.165, 1.54) is 0 Å². The molecule has 0 radical (unpaired) electrons. The van der Waals surface area contributed by atoms with Gasteiger partial charge in [0.2, 0.25) is 0 Å². The molecule has 2 heterocycles. The van der Waals surface area contributed by atoms with Crippen molar-refractivity contribution >= 4 is 0 Å². The zero-order valence-corrected chi connectivity index (χ0v) is 11.9. The van der Waals surface area contributed by atoms with Gasteiger partial charge in [-0.15, -0.1) is 6.58 Å². The van der Waals surface area contributed by atoms with Gasteiger partial charge >= 0.3 is 0 Å². The van der Waals surface area contributed by atoms with Gasteiger partial charge in [-0.2, -0.15) is 0 Å². The van der Waals surface area contributed by atoms with Crippen molar-refractivity contribution in [2.24, 2.45) is 0 Å². The second-order valence-electron chi connectivity index (χ2n) is 5.43. The number of ether oxygens (including phenoxy) is 4. The van der Waals surface area contributed by atoms with E-state index in [2.05, 4.69) is 6.58 Å². The highest BCUT2D eigenvalue weighted by Gasteiger charge is 2.56. The first-order valence-electron chi connectivity index (χ1n) is 7.00. The summed E-state index contributed by atoms with van der Waals surface area (Å²) in [4.78, 5) is 0. The molecule has 2 fully saturated rings. The molecule has 4 nitrogen and oxygen atoms in total. The molecule has 0 saturated carbocycles. The van der Waals surface area contributed by atoms with Gasteiger partial charge in [-0.05, 0) is 12.5 Å². The van der Waals surface area contributed by atoms with Crippen LogP contribution in [0.2, 0.25) is 0 Å². The van der Waals surface area contributed by atoms with Crippen LogP contribution in [0.25, 0.3) is 0 Å². The van der Waals surface area contributed by atoms with Crippen molar-refractivity contribution in [2.75, 3.05) is 6.67 Å². The summed E-state index contributed by atoms with van der Waals surface area (Å²) < 4.78 is 35.7. The molecule has 5 atom stereocenters. The Morgan fingerprint density at radius 3 is 2.76 bits per heavy atom. The van der Waals surface area contributed by atoms with Gasteiger partial charge in [0.15, 0.2) is 12.1 Å². The molecule has 5 heteroatoms. The van der Waals surface area contributed by atoms with Crippen molar-refractivity contribution in [3.8, 4) is 0 Å². The van der Waals surface area contributed by atoms with E-state index in [1.54, 1.807) is 13.0 Å². The number of fused-ring (bicyclic) bond motifs is 1. The minimum Gasteiger partial charge on any atom is -0.368 e. The summed E-state index contributed by atoms with van der Waals surface area (Å²) in [6.07, 6.45) is -0.0889. The van der Waals surface area contributed by atoms with Crippen molar-refractivity contribution < 1.29 is 23.3 Å². The molecule has 0 amide bonds. The third-order valence-electron chi connectivity index (χ3n) is 3.72. The average Bonchev–Trinajstić information content (AvgIpc) is 3.00. The number of rotatable bonds is 5. The van der Waals surface area contributed by atoms with Crippen molar-refractivity contribution in [3.63, 3.8) is 0 Å². The van der Waals surface area contributed by atoms with Gasteiger partial charge in [-0.3, -0.25) is 0 Å². The third kappa shape index (κ3) is 2.87. The van der Waals surface area contributed by atoms with Crippen LogP contribution in [0.4, 0.5) is 4.39 Å². The lowest BCUT2D eigenvalue weighted by molar-refractivity contribution is -0.228. The van der Waals surface area contributed by atoms with Crippen LogP contribution in [0, 0.1) is 0 Å². The predicted octanol–water partition coefficient (Wildman–Crippen LogP) is 2.58. The van der Waals surface area contributed by atoms with Gasteiger partial charge in [-0.1, -0.05) is 36.4 Å². The Bertz CT molecular complexity index is 494. The normalized spacial score (nSPS) is 38.4. The lowest BCUT2D eigenvalue weighted by Gasteiger charge is -2.25. The molecular weight excluding hydrogens is 275 g/mol. The smallest absolute Gasteiger partial charge is 0.197 e. The first-order chi connectivity index (χ1) is 10.1. The molecular formula is C16H19FO4. The maximum atomic E-state index is 13.0. The topological polar surface area (TPSA) is 36.9 Å². The third-order valence-corrected chi connectivity index (χ3v) is 3.72. The molecule has 2 saturated heterocycles. The first-order valence-corrected chi connectivity index (χ1v) is 7.00. The number of alkyl halides is 1. The molecule has 1 aromatic carbocycles. The molecule has 2 aliphatic rings. The summed E-state index contributed by atoms with van der Waals surface area (Å²) in [6, 6.07) is 9.81. The van der Waals surface area contributed by atoms with Crippen LogP contribution in [0.3, 0.4) is 0 Å². The molecule has 21 heavy (non-hydrogen) atoms. The Labute approximate surface area is 123 Å². The minimum atomic E-state index is -1.25. The van der Waals surface area contributed by atoms with Crippen LogP contribution in [0.15, 0.2) is 43.0 Å². The highest BCUT2D eigenvalue weighted by molar-refractivity contribution is 5.13. The average molecular weight is 294 g/mol. The Hall–Kier alpha value is -1.27. The van der Waals surface area contributed by atoms with Crippen molar-refractivity contribution in [1.82, 2.24) is 0 Å². The second kappa shape index (κ2) is 5.85. The van der Waals surface area contributed by atoms with Gasteiger partial charge in [-0.25, -0.2) is 4.39 Å². The van der Waals surface area contributed by atoms with Gasteiger partial charge < -0.3 is 18.9 Å². The summed E-state index contributed by atoms with van der Waals surface area (Å²) in [5.41, 5.74) is 1.05. The fraction of sp³-hybridized carbons (Fsp3) is 0.500. The Morgan fingerprint density at radius 2 is 2.10 bits per heavy atom. The quantitative estimate of drug-likeness (QED) is 0.782. The van der Waals surface area contributed by atoms with E-state index in [0.29, 0.717) is 6.61 Å². The highest BCUT2D eigenvalue weighted by Crippen LogP contribution is 2.39. The van der Waals surface area contributed by atoms with Gasteiger partial charge in [0, 0.05) is 0 Å². The van der Waals surface area contributed by atoms with Crippen LogP contribution >= 0.6 is 0 Å². The number of hydrogen-bond donors (Lipinski definition) is 0. The SMILES string of the molecule is C=C[C@H]1O[C@@H]2OC(C)(CF)O[C@@H]2[C@H]1OCc1ccccc1. The van der Waals surface area contributed by atoms with E-state index in [0.717, 1.165) is 5.56 Å². The van der Waals surface area contributed by atoms with Crippen LogP contribution in [-0.2, 0) is 25.6 Å². The maximum Gasteiger partial charge on any atom is 0.197 e. The van der Waals surface area contributed by atoms with Crippen molar-refractivity contribution in [3.05, 3.63) is 48.6 Å². The van der Waals surface area contributed by atoms with E-state index in [4.69, 9.17) is 18.9 Å². The Morgan fingerprint density at radius 1 is 1.33 bits per heavy atom. The fourth-order valence-corrected chi connectivity index (χ4v) is 2.64. The Kier molecular flexibility index (Phi) is 4.08. The van der Waals surface area contributed by atoms with E-state index in [9.17, 15) is 4.39 Å². The molecule has 0 N–H and O–H groups in total. The minimum absolute atomic E-state index is 0.326. The van der Waals surface area contributed by atoms with E-state index in [-0.39, 0.29) is 12.2 Å². The Balaban J connectivity index is 1.68. The molecule has 1 aromatic rings. The number of benzene rings is 1. The zero-order chi connectivity index (χ0) is 14.9. The van der Waals surface area contributed by atoms with Gasteiger partial charge in [0.05, 0.1) is 6.61 Å². The molecule has 3 rings (SSSR count). The lowest BCUT2D eigenvalue weighted by atomic mass is 10.1. The summed E-state index contributed by atoms with van der Waals surface area (Å²) in [7, 11) is 0. The summed E-state index contributed by atoms with van der Waals surface area (Å²) in [5.74, 6) is -1.25. The number of hydrogen-bond acceptors (Lipinski definition) is 4. The van der Waals surface area contributed by atoms with Crippen molar-refractivity contribution in [1.29, 1.82) is 0 Å². The second-order valence-corrected chi connectivity index (χ2v) is 5.43. The van der Waals surface area contributed by atoms with E-state index in [1.807, 2.05) is 30.3 Å². The molecule has 2 aliphatic heterocycles. The monoisotopic (exact) mass is 294 g/mol. The van der Waals surface area contributed by atoms with Gasteiger partial charge in [0.25, 0.3) is 0 Å². The summed E-state index contributed by atoms with van der Waals surface area (Å²) in [5, 5.41) is 0. The summed E-state index contributed by atoms with van der Waals surface area (Å²) in [6.45, 7) is 5.00. The number of halogens is 1. The summed E-state index contributed by atoms with van der Waals surface area (Å²) >= 11 is 0. The van der Waals surface area contributed by atoms with Gasteiger partial charge in [0.1, 0.15) is 25.0 Å². The maximum absolute atomic E-state index is 13.0. The highest BCUT2D eigenvalue weighted by atomic mass is 19.1. The van der Waals surface area contributed by atoms with Crippen LogP contribution < -0.4 is 0 Å². The van der Waals surface area contributed by atoms with Crippen LogP contribution in [-0.4, -0.2) is 37.1 Å². The molecule has 0 aliphatic carbocycles. The van der Waals surface area contributed by atoms with E-state index < -0.39 is 24.9 Å². The first kappa shape index (κ1) is 14.7. The predicted molar refractivity (Wildman–Crippen MR) is 74.2 cm³/mol. The molecule has 0 bridgehead atoms. The van der Waals surface area contributed by atoms with E-state index >= 15 is 0 Å². The van der Waals surface area contributed by atoms with Crippen molar-refractivity contribution in [2.45, 2.75) is 43.9 Å². The lowest BCUT2D eigenvalue weighted by Crippen LogP contribution is -2.37.